The zero-order chi connectivity index (χ0) is 17.1. The van der Waals surface area contributed by atoms with Gasteiger partial charge < -0.3 is 5.32 Å². The molecule has 25 heavy (non-hydrogen) atoms. The Labute approximate surface area is 151 Å². The molecule has 3 aromatic rings. The summed E-state index contributed by atoms with van der Waals surface area (Å²) in [5.74, 6) is 0.749. The molecule has 0 spiro atoms. The lowest BCUT2D eigenvalue weighted by Gasteiger charge is -2.22. The molecule has 2 heterocycles. The Bertz CT molecular complexity index is 828. The van der Waals surface area contributed by atoms with Crippen molar-refractivity contribution in [3.05, 3.63) is 95.8 Å². The molecule has 2 aromatic carbocycles. The van der Waals surface area contributed by atoms with Crippen LogP contribution in [-0.4, -0.2) is 16.6 Å². The zero-order valence-electron chi connectivity index (χ0n) is 13.6. The number of rotatable bonds is 4. The van der Waals surface area contributed by atoms with E-state index >= 15 is 0 Å². The van der Waals surface area contributed by atoms with Gasteiger partial charge in [-0.3, -0.25) is 9.78 Å². The number of benzene rings is 2. The van der Waals surface area contributed by atoms with Gasteiger partial charge in [0.2, 0.25) is 5.91 Å². The van der Waals surface area contributed by atoms with Crippen LogP contribution in [0, 0.1) is 0 Å². The third-order valence-corrected chi connectivity index (χ3v) is 5.64. The van der Waals surface area contributed by atoms with Gasteiger partial charge in [0.25, 0.3) is 0 Å². The molecule has 124 valence electrons. The van der Waals surface area contributed by atoms with E-state index in [1.807, 2.05) is 60.8 Å². The molecule has 0 radical (unpaired) electrons. The van der Waals surface area contributed by atoms with Crippen LogP contribution in [0.5, 0.6) is 0 Å². The highest BCUT2D eigenvalue weighted by Crippen LogP contribution is 2.39. The lowest BCUT2D eigenvalue weighted by Crippen LogP contribution is -2.33. The maximum Gasteiger partial charge on any atom is 0.229 e. The molecular weight excluding hydrogens is 328 g/mol. The standard InChI is InChI=1S/C21H18N2OS/c24-21(18-14-25-19-11-5-4-10-17(18)19)23-20(15-7-2-1-3-8-15)16-9-6-12-22-13-16/h1-13,18,20H,14H2,(H,23,24)/t18-,20-/m0/s1. The first-order valence-electron chi connectivity index (χ1n) is 8.30. The average Bonchev–Trinajstić information content (AvgIpc) is 3.11. The summed E-state index contributed by atoms with van der Waals surface area (Å²) in [6.45, 7) is 0. The summed E-state index contributed by atoms with van der Waals surface area (Å²) < 4.78 is 0. The van der Waals surface area contributed by atoms with E-state index in [1.165, 1.54) is 4.90 Å². The number of nitrogens with zero attached hydrogens (tertiary/aromatic N) is 1. The number of carbonyl (C=O) groups is 1. The highest BCUT2D eigenvalue weighted by molar-refractivity contribution is 7.99. The number of thioether (sulfide) groups is 1. The molecule has 0 unspecified atom stereocenters. The van der Waals surface area contributed by atoms with Crippen molar-refractivity contribution in [1.82, 2.24) is 10.3 Å². The first-order valence-corrected chi connectivity index (χ1v) is 9.28. The number of carbonyl (C=O) groups excluding carboxylic acids is 1. The Morgan fingerprint density at radius 3 is 2.56 bits per heavy atom. The van der Waals surface area contributed by atoms with Crippen LogP contribution in [0.15, 0.2) is 84.0 Å². The van der Waals surface area contributed by atoms with Crippen LogP contribution in [0.25, 0.3) is 0 Å². The van der Waals surface area contributed by atoms with Crippen LogP contribution in [0.3, 0.4) is 0 Å². The first-order chi connectivity index (χ1) is 12.3. The molecule has 0 aliphatic carbocycles. The molecule has 0 fully saturated rings. The number of nitrogens with one attached hydrogen (secondary N) is 1. The van der Waals surface area contributed by atoms with E-state index in [2.05, 4.69) is 22.4 Å². The molecular formula is C21H18N2OS. The molecule has 0 saturated carbocycles. The highest BCUT2D eigenvalue weighted by Gasteiger charge is 2.30. The van der Waals surface area contributed by atoms with E-state index in [0.717, 1.165) is 22.4 Å². The fourth-order valence-electron chi connectivity index (χ4n) is 3.17. The minimum Gasteiger partial charge on any atom is -0.345 e. The summed E-state index contributed by atoms with van der Waals surface area (Å²) in [4.78, 5) is 18.4. The van der Waals surface area contributed by atoms with E-state index in [1.54, 1.807) is 18.0 Å². The molecule has 2 atom stereocenters. The lowest BCUT2D eigenvalue weighted by molar-refractivity contribution is -0.122. The Balaban J connectivity index is 1.62. The van der Waals surface area contributed by atoms with Crippen LogP contribution in [0.4, 0.5) is 0 Å². The van der Waals surface area contributed by atoms with Crippen molar-refractivity contribution in [1.29, 1.82) is 0 Å². The predicted octanol–water partition coefficient (Wildman–Crippen LogP) is 4.18. The highest BCUT2D eigenvalue weighted by atomic mass is 32.2. The molecule has 3 nitrogen and oxygen atoms in total. The third kappa shape index (κ3) is 3.30. The molecule has 1 aliphatic heterocycles. The van der Waals surface area contributed by atoms with Crippen molar-refractivity contribution in [2.75, 3.05) is 5.75 Å². The predicted molar refractivity (Wildman–Crippen MR) is 101 cm³/mol. The molecule has 4 rings (SSSR count). The summed E-state index contributed by atoms with van der Waals surface area (Å²) in [5.41, 5.74) is 3.17. The van der Waals surface area contributed by atoms with Gasteiger partial charge in [-0.1, -0.05) is 54.6 Å². The monoisotopic (exact) mass is 346 g/mol. The Hall–Kier alpha value is -2.59. The molecule has 1 aromatic heterocycles. The van der Waals surface area contributed by atoms with Crippen LogP contribution >= 0.6 is 11.8 Å². The summed E-state index contributed by atoms with van der Waals surface area (Å²) in [6, 6.07) is 21.9. The van der Waals surface area contributed by atoms with E-state index in [9.17, 15) is 4.79 Å². The topological polar surface area (TPSA) is 42.0 Å². The van der Waals surface area contributed by atoms with Crippen molar-refractivity contribution in [3.63, 3.8) is 0 Å². The summed E-state index contributed by atoms with van der Waals surface area (Å²) in [6.07, 6.45) is 3.56. The average molecular weight is 346 g/mol. The number of hydrogen-bond acceptors (Lipinski definition) is 3. The van der Waals surface area contributed by atoms with Gasteiger partial charge in [-0.25, -0.2) is 0 Å². The number of pyridine rings is 1. The van der Waals surface area contributed by atoms with E-state index in [-0.39, 0.29) is 17.9 Å². The smallest absolute Gasteiger partial charge is 0.229 e. The number of amides is 1. The summed E-state index contributed by atoms with van der Waals surface area (Å²) in [5, 5.41) is 3.24. The second-order valence-corrected chi connectivity index (χ2v) is 7.10. The van der Waals surface area contributed by atoms with Crippen molar-refractivity contribution < 1.29 is 4.79 Å². The van der Waals surface area contributed by atoms with Gasteiger partial charge in [0.15, 0.2) is 0 Å². The van der Waals surface area contributed by atoms with Gasteiger partial charge >= 0.3 is 0 Å². The van der Waals surface area contributed by atoms with Gasteiger partial charge in [-0.2, -0.15) is 0 Å². The van der Waals surface area contributed by atoms with Crippen molar-refractivity contribution in [3.8, 4) is 0 Å². The van der Waals surface area contributed by atoms with E-state index in [4.69, 9.17) is 0 Å². The molecule has 0 bridgehead atoms. The van der Waals surface area contributed by atoms with Gasteiger partial charge in [-0.15, -0.1) is 11.8 Å². The third-order valence-electron chi connectivity index (χ3n) is 4.45. The Morgan fingerprint density at radius 2 is 1.76 bits per heavy atom. The largest absolute Gasteiger partial charge is 0.345 e. The number of hydrogen-bond donors (Lipinski definition) is 1. The fourth-order valence-corrected chi connectivity index (χ4v) is 4.40. The normalized spacial score (nSPS) is 16.9. The quantitative estimate of drug-likeness (QED) is 0.771. The second kappa shape index (κ2) is 7.11. The second-order valence-electron chi connectivity index (χ2n) is 6.04. The molecule has 1 aliphatic rings. The molecule has 1 N–H and O–H groups in total. The number of aromatic nitrogens is 1. The van der Waals surface area contributed by atoms with Gasteiger partial charge in [0.1, 0.15) is 0 Å². The SMILES string of the molecule is O=C(N[C@@H](c1ccccc1)c1cccnc1)[C@H]1CSc2ccccc21. The molecule has 4 heteroatoms. The lowest BCUT2D eigenvalue weighted by atomic mass is 9.96. The molecule has 0 saturated heterocycles. The van der Waals surface area contributed by atoms with Gasteiger partial charge in [-0.05, 0) is 28.8 Å². The zero-order valence-corrected chi connectivity index (χ0v) is 14.4. The first kappa shape index (κ1) is 15.9. The molecule has 1 amide bonds. The maximum atomic E-state index is 13.0. The Kier molecular flexibility index (Phi) is 4.53. The fraction of sp³-hybridized carbons (Fsp3) is 0.143. The van der Waals surface area contributed by atoms with Crippen LogP contribution < -0.4 is 5.32 Å². The minimum absolute atomic E-state index is 0.0650. The minimum atomic E-state index is -0.194. The van der Waals surface area contributed by atoms with Gasteiger partial charge in [0, 0.05) is 23.0 Å². The van der Waals surface area contributed by atoms with Crippen molar-refractivity contribution in [2.24, 2.45) is 0 Å². The summed E-state index contributed by atoms with van der Waals surface area (Å²) >= 11 is 1.75. The van der Waals surface area contributed by atoms with Crippen molar-refractivity contribution in [2.45, 2.75) is 16.9 Å². The van der Waals surface area contributed by atoms with Crippen LogP contribution in [0.1, 0.15) is 28.7 Å². The van der Waals surface area contributed by atoms with Crippen molar-refractivity contribution >= 4 is 17.7 Å². The van der Waals surface area contributed by atoms with E-state index in [0.29, 0.717) is 0 Å². The maximum absolute atomic E-state index is 13.0. The Morgan fingerprint density at radius 1 is 1.00 bits per heavy atom. The number of fused-ring (bicyclic) bond motifs is 1. The van der Waals surface area contributed by atoms with Gasteiger partial charge in [0.05, 0.1) is 12.0 Å². The van der Waals surface area contributed by atoms with E-state index < -0.39 is 0 Å². The summed E-state index contributed by atoms with van der Waals surface area (Å²) in [7, 11) is 0. The van der Waals surface area contributed by atoms with Crippen LogP contribution in [-0.2, 0) is 4.79 Å². The van der Waals surface area contributed by atoms with Crippen LogP contribution in [0.2, 0.25) is 0 Å².